The van der Waals surface area contributed by atoms with Crippen molar-refractivity contribution in [2.45, 2.75) is 51.2 Å². The minimum Gasteiger partial charge on any atom is -0.331 e. The highest BCUT2D eigenvalue weighted by Gasteiger charge is 2.37. The molecule has 13 heteroatoms. The van der Waals surface area contributed by atoms with Gasteiger partial charge in [0.15, 0.2) is 9.84 Å². The van der Waals surface area contributed by atoms with E-state index in [1.54, 1.807) is 35.8 Å². The predicted octanol–water partition coefficient (Wildman–Crippen LogP) is 5.22. The molecule has 1 aliphatic rings. The number of carbonyl (C=O) groups excluding carboxylic acids is 1. The van der Waals surface area contributed by atoms with Gasteiger partial charge in [0, 0.05) is 23.9 Å². The van der Waals surface area contributed by atoms with Crippen molar-refractivity contribution in [3.63, 3.8) is 0 Å². The largest absolute Gasteiger partial charge is 0.419 e. The molecule has 1 aromatic heterocycles. The maximum atomic E-state index is 13.9. The van der Waals surface area contributed by atoms with Crippen LogP contribution in [0.5, 0.6) is 0 Å². The summed E-state index contributed by atoms with van der Waals surface area (Å²) in [6.07, 6.45) is -3.89. The summed E-state index contributed by atoms with van der Waals surface area (Å²) in [5, 5.41) is 19.3. The van der Waals surface area contributed by atoms with Crippen molar-refractivity contribution in [3.05, 3.63) is 82.2 Å². The van der Waals surface area contributed by atoms with Crippen molar-refractivity contribution >= 4 is 15.7 Å². The van der Waals surface area contributed by atoms with E-state index < -0.39 is 51.5 Å². The zero-order chi connectivity index (χ0) is 30.8. The first-order valence-corrected chi connectivity index (χ1v) is 15.0. The van der Waals surface area contributed by atoms with Gasteiger partial charge in [-0.15, -0.1) is 0 Å². The van der Waals surface area contributed by atoms with Crippen LogP contribution in [0, 0.1) is 28.5 Å². The van der Waals surface area contributed by atoms with E-state index in [9.17, 15) is 41.3 Å². The predicted molar refractivity (Wildman–Crippen MR) is 145 cm³/mol. The van der Waals surface area contributed by atoms with Gasteiger partial charge < -0.3 is 4.90 Å². The van der Waals surface area contributed by atoms with E-state index in [2.05, 4.69) is 6.07 Å². The summed E-state index contributed by atoms with van der Waals surface area (Å²) in [5.74, 6) is -2.46. The Labute approximate surface area is 240 Å². The van der Waals surface area contributed by atoms with Crippen LogP contribution in [0.1, 0.15) is 72.6 Å². The Morgan fingerprint density at radius 2 is 1.81 bits per heavy atom. The summed E-state index contributed by atoms with van der Waals surface area (Å²) in [6, 6.07) is 11.9. The quantitative estimate of drug-likeness (QED) is 0.294. The van der Waals surface area contributed by atoms with Gasteiger partial charge in [-0.2, -0.15) is 23.7 Å². The fourth-order valence-electron chi connectivity index (χ4n) is 4.66. The molecule has 2 aromatic carbocycles. The molecule has 0 radical (unpaired) electrons. The van der Waals surface area contributed by atoms with Crippen LogP contribution in [0.15, 0.2) is 42.5 Å². The maximum Gasteiger partial charge on any atom is 0.419 e. The number of hydrogen-bond donors (Lipinski definition) is 0. The third kappa shape index (κ3) is 6.63. The number of sulfone groups is 1. The van der Waals surface area contributed by atoms with E-state index in [0.29, 0.717) is 29.1 Å². The highest BCUT2D eigenvalue weighted by atomic mass is 32.2. The first-order chi connectivity index (χ1) is 19.8. The SMILES string of the molecule is CCS(=O)(=O)CCN(C(=O)Cc1ccc(F)c(C(F)(F)F)c1)[C@H](C)c1nc(C2CC2)c(C#N)n1-c1ccc(C#N)cc1. The molecule has 1 fully saturated rings. The number of halogens is 4. The van der Waals surface area contributed by atoms with Crippen molar-refractivity contribution < 1.29 is 30.8 Å². The lowest BCUT2D eigenvalue weighted by Gasteiger charge is -2.30. The molecule has 220 valence electrons. The van der Waals surface area contributed by atoms with Gasteiger partial charge in [-0.05, 0) is 61.7 Å². The molecule has 1 saturated carbocycles. The molecule has 1 amide bonds. The van der Waals surface area contributed by atoms with E-state index in [0.717, 1.165) is 18.9 Å². The highest BCUT2D eigenvalue weighted by molar-refractivity contribution is 7.91. The number of benzene rings is 2. The molecule has 0 unspecified atom stereocenters. The van der Waals surface area contributed by atoms with Crippen LogP contribution in [-0.2, 0) is 27.2 Å². The highest BCUT2D eigenvalue weighted by Crippen LogP contribution is 2.43. The number of amides is 1. The Kier molecular flexibility index (Phi) is 8.73. The third-order valence-electron chi connectivity index (χ3n) is 7.19. The Hall–Kier alpha value is -4.23. The number of carbonyl (C=O) groups is 1. The molecular formula is C29H27F4N5O3S. The first kappa shape index (κ1) is 30.7. The molecule has 3 aromatic rings. The Morgan fingerprint density at radius 3 is 2.36 bits per heavy atom. The van der Waals surface area contributed by atoms with Crippen LogP contribution in [0.3, 0.4) is 0 Å². The molecule has 0 saturated heterocycles. The van der Waals surface area contributed by atoms with E-state index in [-0.39, 0.29) is 35.3 Å². The Morgan fingerprint density at radius 1 is 1.14 bits per heavy atom. The first-order valence-electron chi connectivity index (χ1n) is 13.2. The summed E-state index contributed by atoms with van der Waals surface area (Å²) in [6.45, 7) is 2.77. The summed E-state index contributed by atoms with van der Waals surface area (Å²) in [4.78, 5) is 19.6. The molecule has 42 heavy (non-hydrogen) atoms. The van der Waals surface area contributed by atoms with E-state index in [1.165, 1.54) is 11.8 Å². The van der Waals surface area contributed by atoms with Crippen molar-refractivity contribution in [3.8, 4) is 17.8 Å². The summed E-state index contributed by atoms with van der Waals surface area (Å²) >= 11 is 0. The lowest BCUT2D eigenvalue weighted by molar-refractivity contribution is -0.140. The fourth-order valence-corrected chi connectivity index (χ4v) is 5.43. The van der Waals surface area contributed by atoms with Gasteiger partial charge in [0.1, 0.15) is 23.4 Å². The average Bonchev–Trinajstić information content (AvgIpc) is 3.72. The molecule has 0 N–H and O–H groups in total. The van der Waals surface area contributed by atoms with E-state index in [1.807, 2.05) is 6.07 Å². The van der Waals surface area contributed by atoms with Gasteiger partial charge in [0.05, 0.1) is 41.1 Å². The normalized spacial score (nSPS) is 14.2. The minimum absolute atomic E-state index is 0.0369. The van der Waals surface area contributed by atoms with Gasteiger partial charge in [0.2, 0.25) is 5.91 Å². The smallest absolute Gasteiger partial charge is 0.331 e. The van der Waals surface area contributed by atoms with Gasteiger partial charge in [-0.1, -0.05) is 13.0 Å². The van der Waals surface area contributed by atoms with Gasteiger partial charge in [0.25, 0.3) is 0 Å². The molecule has 0 aliphatic heterocycles. The van der Waals surface area contributed by atoms with Gasteiger partial charge >= 0.3 is 6.18 Å². The molecule has 1 aliphatic carbocycles. The van der Waals surface area contributed by atoms with Crippen LogP contribution in [0.4, 0.5) is 17.6 Å². The van der Waals surface area contributed by atoms with Crippen LogP contribution in [-0.4, -0.2) is 46.8 Å². The van der Waals surface area contributed by atoms with Crippen molar-refractivity contribution in [2.75, 3.05) is 18.1 Å². The molecule has 1 atom stereocenters. The van der Waals surface area contributed by atoms with Crippen molar-refractivity contribution in [1.82, 2.24) is 14.5 Å². The summed E-state index contributed by atoms with van der Waals surface area (Å²) in [5.41, 5.74) is 0.0417. The van der Waals surface area contributed by atoms with E-state index >= 15 is 0 Å². The van der Waals surface area contributed by atoms with Gasteiger partial charge in [-0.25, -0.2) is 17.8 Å². The maximum absolute atomic E-state index is 13.9. The molecule has 0 spiro atoms. The summed E-state index contributed by atoms with van der Waals surface area (Å²) < 4.78 is 80.1. The van der Waals surface area contributed by atoms with Crippen LogP contribution in [0.2, 0.25) is 0 Å². The zero-order valence-electron chi connectivity index (χ0n) is 22.8. The third-order valence-corrected chi connectivity index (χ3v) is 8.88. The summed E-state index contributed by atoms with van der Waals surface area (Å²) in [7, 11) is -3.55. The number of alkyl halides is 3. The van der Waals surface area contributed by atoms with Crippen molar-refractivity contribution in [2.24, 2.45) is 0 Å². The second-order valence-corrected chi connectivity index (χ2v) is 12.5. The molecule has 8 nitrogen and oxygen atoms in total. The number of hydrogen-bond acceptors (Lipinski definition) is 6. The molecule has 0 bridgehead atoms. The monoisotopic (exact) mass is 601 g/mol. The second-order valence-electron chi connectivity index (χ2n) is 10.1. The lowest BCUT2D eigenvalue weighted by atomic mass is 10.1. The van der Waals surface area contributed by atoms with Crippen LogP contribution < -0.4 is 0 Å². The number of imidazole rings is 1. The van der Waals surface area contributed by atoms with Crippen molar-refractivity contribution in [1.29, 1.82) is 10.5 Å². The fraction of sp³-hybridized carbons (Fsp3) is 0.379. The number of nitrogens with zero attached hydrogens (tertiary/aromatic N) is 5. The number of rotatable bonds is 10. The average molecular weight is 602 g/mol. The molecular weight excluding hydrogens is 574 g/mol. The number of nitriles is 2. The lowest BCUT2D eigenvalue weighted by Crippen LogP contribution is -2.39. The van der Waals surface area contributed by atoms with Crippen LogP contribution in [0.25, 0.3) is 5.69 Å². The standard InChI is InChI=1S/C29H27F4N5O3S/c1-3-42(40,41)13-12-37(26(39)15-20-6-11-24(30)23(14-20)29(31,32)33)18(2)28-36-27(21-7-8-21)25(17-35)38(28)22-9-4-19(16-34)5-10-22/h4-6,9-11,14,18,21H,3,7-8,12-13,15H2,1-2H3/t18-/m1/s1. The Bertz CT molecular complexity index is 1680. The topological polar surface area (TPSA) is 120 Å². The minimum atomic E-state index is -4.97. The van der Waals surface area contributed by atoms with E-state index in [4.69, 9.17) is 4.98 Å². The molecule has 1 heterocycles. The van der Waals surface area contributed by atoms with Gasteiger partial charge in [-0.3, -0.25) is 9.36 Å². The zero-order valence-corrected chi connectivity index (χ0v) is 23.6. The Balaban J connectivity index is 1.78. The second kappa shape index (κ2) is 11.9. The van der Waals surface area contributed by atoms with Crippen LogP contribution >= 0.6 is 0 Å². The molecule has 4 rings (SSSR count). The number of aromatic nitrogens is 2.